The summed E-state index contributed by atoms with van der Waals surface area (Å²) in [6.07, 6.45) is 0. The standard InChI is InChI=1S/C53H36N2O/c1-4-10-37(11-5-1)40-20-28-47(29-21-40)55(48-30-22-41(23-31-48)38-12-6-2-7-13-38)49-32-24-42(25-33-49)39-16-18-43(19-17-39)45-26-34-50-46(36-45)27-35-51-52(50)54-53(56-51)44-14-8-3-9-15-44/h1-36H. The first-order valence-corrected chi connectivity index (χ1v) is 18.9. The van der Waals surface area contributed by atoms with Crippen LogP contribution in [0.4, 0.5) is 17.1 Å². The molecule has 0 spiro atoms. The van der Waals surface area contributed by atoms with Gasteiger partial charge in [-0.25, -0.2) is 4.98 Å². The van der Waals surface area contributed by atoms with Crippen molar-refractivity contribution in [2.45, 2.75) is 0 Å². The summed E-state index contributed by atoms with van der Waals surface area (Å²) < 4.78 is 6.12. The van der Waals surface area contributed by atoms with Crippen LogP contribution in [-0.2, 0) is 0 Å². The van der Waals surface area contributed by atoms with Gasteiger partial charge in [-0.15, -0.1) is 0 Å². The fourth-order valence-corrected chi connectivity index (χ4v) is 7.58. The van der Waals surface area contributed by atoms with Crippen LogP contribution in [0.15, 0.2) is 223 Å². The van der Waals surface area contributed by atoms with Gasteiger partial charge in [-0.1, -0.05) is 158 Å². The van der Waals surface area contributed by atoms with Crippen LogP contribution in [0.25, 0.3) is 77.8 Å². The van der Waals surface area contributed by atoms with Gasteiger partial charge in [-0.2, -0.15) is 0 Å². The minimum absolute atomic E-state index is 0.642. The van der Waals surface area contributed by atoms with E-state index in [-0.39, 0.29) is 0 Å². The second kappa shape index (κ2) is 14.4. The SMILES string of the molecule is c1ccc(-c2ccc(N(c3ccc(-c4ccccc4)cc3)c3ccc(-c4ccc(-c5ccc6c(ccc7oc(-c8ccccc8)nc76)c5)cc4)cc3)cc2)cc1. The molecule has 0 aliphatic carbocycles. The minimum atomic E-state index is 0.642. The van der Waals surface area contributed by atoms with Gasteiger partial charge in [0.1, 0.15) is 5.52 Å². The largest absolute Gasteiger partial charge is 0.436 e. The third-order valence-electron chi connectivity index (χ3n) is 10.5. The van der Waals surface area contributed by atoms with E-state index in [4.69, 9.17) is 9.40 Å². The number of anilines is 3. The van der Waals surface area contributed by atoms with Gasteiger partial charge in [0.2, 0.25) is 5.89 Å². The van der Waals surface area contributed by atoms with Crippen molar-refractivity contribution < 1.29 is 4.42 Å². The van der Waals surface area contributed by atoms with Gasteiger partial charge in [-0.05, 0) is 111 Å². The molecule has 0 atom stereocenters. The molecule has 0 N–H and O–H groups in total. The molecule has 1 aromatic heterocycles. The van der Waals surface area contributed by atoms with Crippen molar-refractivity contribution in [2.24, 2.45) is 0 Å². The molecule has 56 heavy (non-hydrogen) atoms. The van der Waals surface area contributed by atoms with Crippen LogP contribution in [-0.4, -0.2) is 4.98 Å². The Morgan fingerprint density at radius 3 is 1.16 bits per heavy atom. The summed E-state index contributed by atoms with van der Waals surface area (Å²) in [6, 6.07) is 77.2. The van der Waals surface area contributed by atoms with E-state index < -0.39 is 0 Å². The van der Waals surface area contributed by atoms with Crippen LogP contribution in [0.1, 0.15) is 0 Å². The Kier molecular flexibility index (Phi) is 8.51. The zero-order valence-corrected chi connectivity index (χ0v) is 30.6. The molecule has 264 valence electrons. The Balaban J connectivity index is 0.930. The Morgan fingerprint density at radius 1 is 0.321 bits per heavy atom. The predicted octanol–water partition coefficient (Wildman–Crippen LogP) is 14.8. The lowest BCUT2D eigenvalue weighted by Gasteiger charge is -2.26. The minimum Gasteiger partial charge on any atom is -0.436 e. The fourth-order valence-electron chi connectivity index (χ4n) is 7.58. The molecule has 0 unspecified atom stereocenters. The predicted molar refractivity (Wildman–Crippen MR) is 233 cm³/mol. The zero-order chi connectivity index (χ0) is 37.3. The van der Waals surface area contributed by atoms with E-state index in [1.54, 1.807) is 0 Å². The summed E-state index contributed by atoms with van der Waals surface area (Å²) in [6.45, 7) is 0. The second-order valence-electron chi connectivity index (χ2n) is 14.0. The highest BCUT2D eigenvalue weighted by atomic mass is 16.3. The van der Waals surface area contributed by atoms with Crippen LogP contribution >= 0.6 is 0 Å². The fraction of sp³-hybridized carbons (Fsp3) is 0. The molecule has 0 fully saturated rings. The number of benzene rings is 9. The number of nitrogens with zero attached hydrogens (tertiary/aromatic N) is 2. The molecular weight excluding hydrogens is 681 g/mol. The maximum absolute atomic E-state index is 6.12. The molecule has 0 aliphatic heterocycles. The maximum atomic E-state index is 6.12. The summed E-state index contributed by atoms with van der Waals surface area (Å²) in [5.74, 6) is 0.642. The van der Waals surface area contributed by atoms with Gasteiger partial charge in [0.25, 0.3) is 0 Å². The summed E-state index contributed by atoms with van der Waals surface area (Å²) in [5, 5.41) is 2.22. The lowest BCUT2D eigenvalue weighted by atomic mass is 9.98. The van der Waals surface area contributed by atoms with E-state index >= 15 is 0 Å². The average molecular weight is 717 g/mol. The number of hydrogen-bond donors (Lipinski definition) is 0. The van der Waals surface area contributed by atoms with Gasteiger partial charge in [0.05, 0.1) is 0 Å². The lowest BCUT2D eigenvalue weighted by molar-refractivity contribution is 0.620. The molecule has 0 saturated carbocycles. The van der Waals surface area contributed by atoms with E-state index in [1.165, 1.54) is 38.9 Å². The molecule has 3 nitrogen and oxygen atoms in total. The number of aromatic nitrogens is 1. The highest BCUT2D eigenvalue weighted by molar-refractivity contribution is 6.05. The Hall–Kier alpha value is -7.49. The molecular formula is C53H36N2O. The molecule has 0 aliphatic rings. The summed E-state index contributed by atoms with van der Waals surface area (Å²) >= 11 is 0. The number of rotatable bonds is 8. The van der Waals surface area contributed by atoms with Crippen molar-refractivity contribution in [1.82, 2.24) is 4.98 Å². The van der Waals surface area contributed by atoms with Crippen molar-refractivity contribution in [3.63, 3.8) is 0 Å². The molecule has 3 heteroatoms. The third kappa shape index (κ3) is 6.42. The third-order valence-corrected chi connectivity index (χ3v) is 10.5. The Labute approximate surface area is 326 Å². The molecule has 0 bridgehead atoms. The lowest BCUT2D eigenvalue weighted by Crippen LogP contribution is -2.09. The maximum Gasteiger partial charge on any atom is 0.227 e. The van der Waals surface area contributed by atoms with Crippen LogP contribution in [0.2, 0.25) is 0 Å². The highest BCUT2D eigenvalue weighted by Crippen LogP contribution is 2.38. The topological polar surface area (TPSA) is 29.3 Å². The summed E-state index contributed by atoms with van der Waals surface area (Å²) in [4.78, 5) is 7.19. The van der Waals surface area contributed by atoms with Crippen molar-refractivity contribution in [1.29, 1.82) is 0 Å². The molecule has 10 rings (SSSR count). The first kappa shape index (κ1) is 33.1. The molecule has 9 aromatic carbocycles. The van der Waals surface area contributed by atoms with Crippen LogP contribution in [0.5, 0.6) is 0 Å². The van der Waals surface area contributed by atoms with Crippen LogP contribution in [0.3, 0.4) is 0 Å². The molecule has 0 amide bonds. The van der Waals surface area contributed by atoms with Crippen molar-refractivity contribution in [2.75, 3.05) is 4.90 Å². The normalized spacial score (nSPS) is 11.2. The van der Waals surface area contributed by atoms with Gasteiger partial charge in [0, 0.05) is 28.0 Å². The van der Waals surface area contributed by atoms with E-state index in [0.717, 1.165) is 50.1 Å². The van der Waals surface area contributed by atoms with Crippen LogP contribution < -0.4 is 4.90 Å². The number of fused-ring (bicyclic) bond motifs is 3. The first-order valence-electron chi connectivity index (χ1n) is 18.9. The van der Waals surface area contributed by atoms with Gasteiger partial charge in [0.15, 0.2) is 5.58 Å². The van der Waals surface area contributed by atoms with E-state index in [9.17, 15) is 0 Å². The van der Waals surface area contributed by atoms with Gasteiger partial charge < -0.3 is 9.32 Å². The Bertz CT molecular complexity index is 2820. The van der Waals surface area contributed by atoms with Crippen molar-refractivity contribution in [3.8, 4) is 56.0 Å². The summed E-state index contributed by atoms with van der Waals surface area (Å²) in [5.41, 5.74) is 15.4. The average Bonchev–Trinajstić information content (AvgIpc) is 3.73. The van der Waals surface area contributed by atoms with Crippen molar-refractivity contribution >= 4 is 38.9 Å². The quantitative estimate of drug-likeness (QED) is 0.157. The van der Waals surface area contributed by atoms with Gasteiger partial charge in [-0.3, -0.25) is 0 Å². The highest BCUT2D eigenvalue weighted by Gasteiger charge is 2.15. The number of hydrogen-bond acceptors (Lipinski definition) is 3. The van der Waals surface area contributed by atoms with E-state index in [2.05, 4.69) is 187 Å². The van der Waals surface area contributed by atoms with Crippen molar-refractivity contribution in [3.05, 3.63) is 218 Å². The zero-order valence-electron chi connectivity index (χ0n) is 30.6. The monoisotopic (exact) mass is 716 g/mol. The molecule has 10 aromatic rings. The molecule has 0 saturated heterocycles. The smallest absolute Gasteiger partial charge is 0.227 e. The van der Waals surface area contributed by atoms with Gasteiger partial charge >= 0.3 is 0 Å². The van der Waals surface area contributed by atoms with E-state index in [0.29, 0.717) is 5.89 Å². The van der Waals surface area contributed by atoms with E-state index in [1.807, 2.05) is 36.4 Å². The first-order chi connectivity index (χ1) is 27.7. The molecule has 0 radical (unpaired) electrons. The number of oxazole rings is 1. The molecule has 1 heterocycles. The second-order valence-corrected chi connectivity index (χ2v) is 14.0. The summed E-state index contributed by atoms with van der Waals surface area (Å²) in [7, 11) is 0. The van der Waals surface area contributed by atoms with Crippen LogP contribution in [0, 0.1) is 0 Å². The Morgan fingerprint density at radius 2 is 0.696 bits per heavy atom.